The second-order valence-corrected chi connectivity index (χ2v) is 11.3. The number of nitrogens with one attached hydrogen (secondary N) is 2. The Labute approximate surface area is 260 Å². The number of thiocarbonyl (C=S) groups is 2. The normalized spacial score (nSPS) is 10.7. The van der Waals surface area contributed by atoms with E-state index in [0.717, 1.165) is 65.2 Å². The third kappa shape index (κ3) is 29.8. The van der Waals surface area contributed by atoms with E-state index >= 15 is 0 Å². The van der Waals surface area contributed by atoms with Crippen LogP contribution >= 0.6 is 49.2 Å². The van der Waals surface area contributed by atoms with Crippen LogP contribution in [0, 0.1) is 10.8 Å². The topological polar surface area (TPSA) is 30.5 Å². The van der Waals surface area contributed by atoms with Crippen molar-refractivity contribution in [3.63, 3.8) is 0 Å². The summed E-state index contributed by atoms with van der Waals surface area (Å²) in [6, 6.07) is 0. The summed E-state index contributed by atoms with van der Waals surface area (Å²) in [4.78, 5) is 4.90. The Kier molecular flexibility index (Phi) is 34.2. The van der Waals surface area contributed by atoms with E-state index < -0.39 is 0 Å². The van der Waals surface area contributed by atoms with E-state index in [1.165, 1.54) is 0 Å². The molecule has 0 fully saturated rings. The Morgan fingerprint density at radius 3 is 1.09 bits per heavy atom. The van der Waals surface area contributed by atoms with Gasteiger partial charge in [0.15, 0.2) is 0 Å². The average molecular weight is 768 g/mol. The first kappa shape index (κ1) is 44.6. The minimum absolute atomic E-state index is 0. The van der Waals surface area contributed by atoms with Gasteiger partial charge in [-0.05, 0) is 49.9 Å². The molecule has 0 bridgehead atoms. The first-order chi connectivity index (χ1) is 13.8. The van der Waals surface area contributed by atoms with Crippen molar-refractivity contribution in [3.8, 4) is 0 Å². The van der Waals surface area contributed by atoms with Gasteiger partial charge in [0.2, 0.25) is 0 Å². The Morgan fingerprint density at radius 1 is 0.667 bits per heavy atom. The van der Waals surface area contributed by atoms with Gasteiger partial charge in [0.05, 0.1) is 0 Å². The number of nitrogens with zero attached hydrogens (tertiary/aromatic N) is 2. The SMILES string of the molecule is CCN(CC)CC(C)(C)CCNC(=S)[S-].CCN(CC)CC(C)(C)CCNC(=S)[S-].Cl.Cl.[Hg+2]. The summed E-state index contributed by atoms with van der Waals surface area (Å²) in [7, 11) is 0. The second-order valence-electron chi connectivity index (χ2n) is 9.18. The largest absolute Gasteiger partial charge is 2.00 e. The fourth-order valence-electron chi connectivity index (χ4n) is 3.27. The minimum Gasteiger partial charge on any atom is -0.412 e. The van der Waals surface area contributed by atoms with Crippen molar-refractivity contribution in [1.29, 1.82) is 0 Å². The molecule has 0 spiro atoms. The standard InChI is InChI=1S/2C11H24N2S2.2ClH.Hg/c2*1-5-13(6-2)9-11(3,4)7-8-12-10(14)15;;;/h2*5-9H2,1-4H3,(H2,12,14,15);2*1H;/q;;;;+2/p-2. The zero-order chi connectivity index (χ0) is 23.8. The van der Waals surface area contributed by atoms with Gasteiger partial charge in [-0.1, -0.05) is 64.0 Å². The summed E-state index contributed by atoms with van der Waals surface area (Å²) in [5, 5.41) is 6.08. The van der Waals surface area contributed by atoms with Crippen molar-refractivity contribution in [2.75, 3.05) is 52.4 Å². The first-order valence-corrected chi connectivity index (χ1v) is 12.8. The van der Waals surface area contributed by atoms with E-state index in [9.17, 15) is 0 Å². The van der Waals surface area contributed by atoms with E-state index in [0.29, 0.717) is 19.5 Å². The van der Waals surface area contributed by atoms with Crippen LogP contribution in [0.1, 0.15) is 68.2 Å². The van der Waals surface area contributed by atoms with Gasteiger partial charge in [-0.2, -0.15) is 0 Å². The van der Waals surface area contributed by atoms with Gasteiger partial charge in [0.25, 0.3) is 0 Å². The summed E-state index contributed by atoms with van der Waals surface area (Å²) < 4.78 is 0.960. The summed E-state index contributed by atoms with van der Waals surface area (Å²) in [6.45, 7) is 26.5. The predicted molar refractivity (Wildman–Crippen MR) is 163 cm³/mol. The molecule has 0 saturated carbocycles. The van der Waals surface area contributed by atoms with Crippen molar-refractivity contribution in [2.24, 2.45) is 10.8 Å². The molecule has 0 aliphatic carbocycles. The Hall–Kier alpha value is 1.66. The Bertz CT molecular complexity index is 437. The van der Waals surface area contributed by atoms with Crippen molar-refractivity contribution in [1.82, 2.24) is 20.4 Å². The van der Waals surface area contributed by atoms with Gasteiger partial charge < -0.3 is 70.1 Å². The molecule has 196 valence electrons. The van der Waals surface area contributed by atoms with E-state index in [4.69, 9.17) is 49.7 Å². The van der Waals surface area contributed by atoms with Gasteiger partial charge in [-0.3, -0.25) is 0 Å². The summed E-state index contributed by atoms with van der Waals surface area (Å²) in [6.07, 6.45) is 2.19. The Balaban J connectivity index is -0.000000145. The number of rotatable bonds is 14. The van der Waals surface area contributed by atoms with Crippen LogP contribution in [0.25, 0.3) is 0 Å². The molecule has 0 aromatic carbocycles. The maximum absolute atomic E-state index is 4.81. The van der Waals surface area contributed by atoms with Crippen LogP contribution in [-0.2, 0) is 52.9 Å². The molecule has 0 saturated heterocycles. The van der Waals surface area contributed by atoms with E-state index in [2.05, 4.69) is 75.8 Å². The molecule has 0 atom stereocenters. The first-order valence-electron chi connectivity index (χ1n) is 11.2. The number of hydrogen-bond donors (Lipinski definition) is 2. The average Bonchev–Trinajstić information content (AvgIpc) is 2.63. The van der Waals surface area contributed by atoms with Crippen LogP contribution in [0.15, 0.2) is 0 Å². The molecule has 0 amide bonds. The molecule has 4 nitrogen and oxygen atoms in total. The van der Waals surface area contributed by atoms with Crippen LogP contribution in [-0.4, -0.2) is 70.8 Å². The fraction of sp³-hybridized carbons (Fsp3) is 0.909. The van der Waals surface area contributed by atoms with Crippen LogP contribution in [0.4, 0.5) is 0 Å². The summed E-state index contributed by atoms with van der Waals surface area (Å²) in [5.41, 5.74) is 0.637. The van der Waals surface area contributed by atoms with Crippen LogP contribution in [0.2, 0.25) is 0 Å². The monoisotopic (exact) mass is 768 g/mol. The summed E-state index contributed by atoms with van der Waals surface area (Å²) >= 11 is 19.2. The van der Waals surface area contributed by atoms with Crippen molar-refractivity contribution in [3.05, 3.63) is 0 Å². The predicted octanol–water partition coefficient (Wildman–Crippen LogP) is 5.17. The smallest absolute Gasteiger partial charge is 0.412 e. The van der Waals surface area contributed by atoms with Gasteiger partial charge in [0.1, 0.15) is 0 Å². The van der Waals surface area contributed by atoms with E-state index in [-0.39, 0.29) is 52.5 Å². The fourth-order valence-corrected chi connectivity index (χ4v) is 3.68. The molecule has 2 N–H and O–H groups in total. The van der Waals surface area contributed by atoms with Gasteiger partial charge in [0, 0.05) is 26.2 Å². The molecule has 0 aliphatic heterocycles. The third-order valence-electron chi connectivity index (χ3n) is 5.23. The molecule has 0 aromatic heterocycles. The molecule has 0 radical (unpaired) electrons. The maximum atomic E-state index is 4.81. The van der Waals surface area contributed by atoms with Crippen molar-refractivity contribution < 1.29 is 27.7 Å². The molecule has 33 heavy (non-hydrogen) atoms. The molecule has 0 heterocycles. The Morgan fingerprint density at radius 2 is 0.909 bits per heavy atom. The molecule has 0 aliphatic rings. The number of halogens is 2. The summed E-state index contributed by atoms with van der Waals surface area (Å²) in [5.74, 6) is 0. The third-order valence-corrected chi connectivity index (χ3v) is 5.81. The quantitative estimate of drug-likeness (QED) is 0.142. The second kappa shape index (κ2) is 25.3. The zero-order valence-electron chi connectivity index (χ0n) is 22.1. The molecule has 0 unspecified atom stereocenters. The zero-order valence-corrected chi connectivity index (χ0v) is 32.5. The van der Waals surface area contributed by atoms with Crippen molar-refractivity contribution in [2.45, 2.75) is 68.2 Å². The van der Waals surface area contributed by atoms with Crippen LogP contribution in [0.3, 0.4) is 0 Å². The molecular weight excluding hydrogens is 720 g/mol. The minimum atomic E-state index is 0. The van der Waals surface area contributed by atoms with Crippen molar-refractivity contribution >= 4 is 83.1 Å². The van der Waals surface area contributed by atoms with Gasteiger partial charge in [-0.25, -0.2) is 0 Å². The van der Waals surface area contributed by atoms with Crippen LogP contribution < -0.4 is 10.6 Å². The molecule has 0 aromatic rings. The molecule has 11 heteroatoms. The molecule has 0 rings (SSSR count). The molecular formula is C22H48Cl2HgN4S4. The van der Waals surface area contributed by atoms with Gasteiger partial charge >= 0.3 is 27.7 Å². The van der Waals surface area contributed by atoms with Crippen LogP contribution in [0.5, 0.6) is 0 Å². The maximum Gasteiger partial charge on any atom is 2.00 e. The van der Waals surface area contributed by atoms with E-state index in [1.807, 2.05) is 0 Å². The number of hydrogen-bond acceptors (Lipinski definition) is 6. The van der Waals surface area contributed by atoms with Gasteiger partial charge in [-0.15, -0.1) is 24.8 Å². The van der Waals surface area contributed by atoms with E-state index in [1.54, 1.807) is 0 Å².